The largest absolute Gasteiger partial charge is 0.370 e. The number of Topliss-reactive ketones (excluding diaryl/α,β-unsaturated/α-hetero) is 1. The average Bonchev–Trinajstić information content (AvgIpc) is 2.43. The maximum absolute atomic E-state index is 12.0. The van der Waals surface area contributed by atoms with E-state index in [2.05, 4.69) is 21.2 Å². The van der Waals surface area contributed by atoms with Gasteiger partial charge in [0, 0.05) is 35.2 Å². The number of primary amides is 1. The Labute approximate surface area is 129 Å². The third kappa shape index (κ3) is 5.75. The number of alkyl halides is 1. The summed E-state index contributed by atoms with van der Waals surface area (Å²) in [5.41, 5.74) is 5.47. The predicted octanol–water partition coefficient (Wildman–Crippen LogP) is 2.33. The molecule has 7 heteroatoms. The van der Waals surface area contributed by atoms with Crippen LogP contribution in [0.25, 0.3) is 0 Å². The molecule has 0 aliphatic carbocycles. The molecule has 2 amide bonds. The zero-order valence-electron chi connectivity index (χ0n) is 10.7. The first kappa shape index (κ1) is 16.7. The van der Waals surface area contributed by atoms with Gasteiger partial charge in [0.2, 0.25) is 5.91 Å². The Morgan fingerprint density at radius 3 is 2.55 bits per heavy atom. The van der Waals surface area contributed by atoms with Crippen LogP contribution in [0, 0.1) is 0 Å². The summed E-state index contributed by atoms with van der Waals surface area (Å²) < 4.78 is 0. The predicted molar refractivity (Wildman–Crippen MR) is 82.3 cm³/mol. The van der Waals surface area contributed by atoms with E-state index in [0.717, 1.165) is 11.8 Å². The molecule has 0 atom stereocenters. The van der Waals surface area contributed by atoms with Crippen LogP contribution < -0.4 is 11.1 Å². The van der Waals surface area contributed by atoms with Crippen molar-refractivity contribution in [1.82, 2.24) is 5.32 Å². The first-order valence-corrected chi connectivity index (χ1v) is 7.90. The molecule has 1 aromatic carbocycles. The summed E-state index contributed by atoms with van der Waals surface area (Å²) in [5.74, 6) is -0.710. The van der Waals surface area contributed by atoms with E-state index in [0.29, 0.717) is 22.3 Å². The second-order valence-corrected chi connectivity index (χ2v) is 5.70. The van der Waals surface area contributed by atoms with E-state index in [-0.39, 0.29) is 23.9 Å². The molecular formula is C13H15BrN2O3S. The van der Waals surface area contributed by atoms with Crippen LogP contribution in [0.3, 0.4) is 0 Å². The second kappa shape index (κ2) is 8.76. The molecular weight excluding hydrogens is 344 g/mol. The highest BCUT2D eigenvalue weighted by molar-refractivity contribution is 9.09. The summed E-state index contributed by atoms with van der Waals surface area (Å²) in [6, 6.07) is 6.82. The summed E-state index contributed by atoms with van der Waals surface area (Å²) in [4.78, 5) is 35.0. The summed E-state index contributed by atoms with van der Waals surface area (Å²) in [6.07, 6.45) is 0.0591. The van der Waals surface area contributed by atoms with Gasteiger partial charge in [0.1, 0.15) is 0 Å². The van der Waals surface area contributed by atoms with Gasteiger partial charge in [-0.05, 0) is 17.8 Å². The number of amides is 2. The highest BCUT2D eigenvalue weighted by Gasteiger charge is 2.14. The van der Waals surface area contributed by atoms with Crippen LogP contribution in [-0.4, -0.2) is 28.8 Å². The molecule has 0 unspecified atom stereocenters. The minimum Gasteiger partial charge on any atom is -0.370 e. The zero-order valence-corrected chi connectivity index (χ0v) is 13.1. The van der Waals surface area contributed by atoms with Crippen molar-refractivity contribution in [2.75, 3.05) is 11.9 Å². The Hall–Kier alpha value is -1.34. The van der Waals surface area contributed by atoms with Crippen molar-refractivity contribution in [2.45, 2.75) is 17.7 Å². The number of halogens is 1. The number of nitrogens with two attached hydrogens (primary N) is 1. The number of rotatable bonds is 7. The van der Waals surface area contributed by atoms with E-state index < -0.39 is 5.91 Å². The lowest BCUT2D eigenvalue weighted by atomic mass is 10.1. The number of ketones is 1. The van der Waals surface area contributed by atoms with Crippen LogP contribution in [0.2, 0.25) is 0 Å². The second-order valence-electron chi connectivity index (χ2n) is 3.89. The monoisotopic (exact) mass is 358 g/mol. The maximum atomic E-state index is 12.0. The van der Waals surface area contributed by atoms with E-state index >= 15 is 0 Å². The molecule has 20 heavy (non-hydrogen) atoms. The van der Waals surface area contributed by atoms with E-state index in [4.69, 9.17) is 5.73 Å². The molecule has 1 rings (SSSR count). The number of nitrogens with one attached hydrogen (secondary N) is 1. The van der Waals surface area contributed by atoms with Crippen molar-refractivity contribution in [3.8, 4) is 0 Å². The molecule has 0 radical (unpaired) electrons. The molecule has 5 nitrogen and oxygen atoms in total. The van der Waals surface area contributed by atoms with Gasteiger partial charge in [0.05, 0.1) is 0 Å². The Kier molecular flexibility index (Phi) is 7.32. The van der Waals surface area contributed by atoms with Crippen molar-refractivity contribution >= 4 is 44.6 Å². The van der Waals surface area contributed by atoms with Crippen LogP contribution in [0.15, 0.2) is 29.2 Å². The Balaban J connectivity index is 2.74. The number of carbonyl (C=O) groups excluding carboxylic acids is 3. The lowest BCUT2D eigenvalue weighted by Gasteiger charge is -2.07. The van der Waals surface area contributed by atoms with Crippen LogP contribution in [-0.2, 0) is 4.79 Å². The zero-order chi connectivity index (χ0) is 15.0. The molecule has 0 aliphatic rings. The van der Waals surface area contributed by atoms with Crippen molar-refractivity contribution in [2.24, 2.45) is 5.73 Å². The fourth-order valence-electron chi connectivity index (χ4n) is 1.44. The van der Waals surface area contributed by atoms with E-state index in [9.17, 15) is 14.4 Å². The molecule has 0 saturated heterocycles. The normalized spacial score (nSPS) is 10.1. The quantitative estimate of drug-likeness (QED) is 0.444. The molecule has 0 heterocycles. The van der Waals surface area contributed by atoms with Crippen LogP contribution >= 0.6 is 27.7 Å². The van der Waals surface area contributed by atoms with Gasteiger partial charge in [0.25, 0.3) is 5.24 Å². The molecule has 108 valence electrons. The topological polar surface area (TPSA) is 89.3 Å². The molecule has 3 N–H and O–H groups in total. The number of carbonyl (C=O) groups is 3. The summed E-state index contributed by atoms with van der Waals surface area (Å²) >= 11 is 4.18. The summed E-state index contributed by atoms with van der Waals surface area (Å²) in [6.45, 7) is 0.517. The Morgan fingerprint density at radius 2 is 1.90 bits per heavy atom. The van der Waals surface area contributed by atoms with E-state index in [1.807, 2.05) is 0 Å². The minimum atomic E-state index is -0.515. The van der Waals surface area contributed by atoms with Crippen molar-refractivity contribution < 1.29 is 14.4 Å². The Morgan fingerprint density at radius 1 is 1.20 bits per heavy atom. The molecule has 0 bridgehead atoms. The van der Waals surface area contributed by atoms with Gasteiger partial charge in [-0.2, -0.15) is 0 Å². The van der Waals surface area contributed by atoms with Crippen LogP contribution in [0.1, 0.15) is 23.2 Å². The molecule has 1 aromatic rings. The number of benzene rings is 1. The van der Waals surface area contributed by atoms with Gasteiger partial charge in [-0.1, -0.05) is 34.1 Å². The van der Waals surface area contributed by atoms with Crippen molar-refractivity contribution in [3.05, 3.63) is 29.8 Å². The van der Waals surface area contributed by atoms with Gasteiger partial charge in [-0.3, -0.25) is 14.4 Å². The van der Waals surface area contributed by atoms with Crippen LogP contribution in [0.4, 0.5) is 4.79 Å². The Bertz CT molecular complexity index is 508. The molecule has 0 saturated carbocycles. The fraction of sp³-hybridized carbons (Fsp3) is 0.308. The number of hydrogen-bond donors (Lipinski definition) is 2. The number of thioether (sulfide) groups is 1. The average molecular weight is 359 g/mol. The third-order valence-electron chi connectivity index (χ3n) is 2.35. The fourth-order valence-corrected chi connectivity index (χ4v) is 2.45. The van der Waals surface area contributed by atoms with Crippen molar-refractivity contribution in [3.63, 3.8) is 0 Å². The van der Waals surface area contributed by atoms with E-state index in [1.54, 1.807) is 24.3 Å². The van der Waals surface area contributed by atoms with Crippen LogP contribution in [0.5, 0.6) is 0 Å². The molecule has 0 aromatic heterocycles. The van der Waals surface area contributed by atoms with Gasteiger partial charge in [-0.15, -0.1) is 0 Å². The highest BCUT2D eigenvalue weighted by atomic mass is 79.9. The smallest absolute Gasteiger partial charge is 0.283 e. The summed E-state index contributed by atoms with van der Waals surface area (Å²) in [7, 11) is 0. The van der Waals surface area contributed by atoms with Gasteiger partial charge < -0.3 is 11.1 Å². The standard InChI is InChI=1S/C13H15BrN2O3S/c14-7-8-16-13(19)20-11-4-2-1-3-9(11)10(17)5-6-12(15)18/h1-4H,5-8H2,(H2,15,18)(H,16,19). The van der Waals surface area contributed by atoms with Gasteiger partial charge in [-0.25, -0.2) is 0 Å². The van der Waals surface area contributed by atoms with Crippen molar-refractivity contribution in [1.29, 1.82) is 0 Å². The SMILES string of the molecule is NC(=O)CCC(=O)c1ccccc1SC(=O)NCCBr. The summed E-state index contributed by atoms with van der Waals surface area (Å²) in [5, 5.41) is 3.13. The van der Waals surface area contributed by atoms with Gasteiger partial charge >= 0.3 is 0 Å². The third-order valence-corrected chi connectivity index (χ3v) is 3.65. The lowest BCUT2D eigenvalue weighted by molar-refractivity contribution is -0.118. The first-order valence-electron chi connectivity index (χ1n) is 5.96. The number of hydrogen-bond acceptors (Lipinski definition) is 4. The first-order chi connectivity index (χ1) is 9.54. The van der Waals surface area contributed by atoms with E-state index in [1.165, 1.54) is 0 Å². The molecule has 0 aliphatic heterocycles. The lowest BCUT2D eigenvalue weighted by Crippen LogP contribution is -2.20. The molecule has 0 fully saturated rings. The highest BCUT2D eigenvalue weighted by Crippen LogP contribution is 2.24. The van der Waals surface area contributed by atoms with Gasteiger partial charge in [0.15, 0.2) is 5.78 Å². The molecule has 0 spiro atoms. The minimum absolute atomic E-state index is 0.00756. The maximum Gasteiger partial charge on any atom is 0.283 e.